The van der Waals surface area contributed by atoms with Gasteiger partial charge < -0.3 is 14.6 Å². The number of fused-ring (bicyclic) bond motifs is 1. The number of hydrogen-bond acceptors (Lipinski definition) is 4. The molecule has 0 saturated heterocycles. The molecule has 8 nitrogen and oxygen atoms in total. The van der Waals surface area contributed by atoms with Crippen LogP contribution in [0.25, 0.3) is 0 Å². The van der Waals surface area contributed by atoms with Crippen molar-refractivity contribution in [1.82, 2.24) is 24.6 Å². The molecule has 0 bridgehead atoms. The number of nitrogens with zero attached hydrogens (tertiary/aromatic N) is 4. The van der Waals surface area contributed by atoms with Crippen LogP contribution in [0.1, 0.15) is 17.1 Å². The van der Waals surface area contributed by atoms with Crippen molar-refractivity contribution in [3.8, 4) is 0 Å². The number of benzene rings is 1. The molecule has 2 amide bonds. The Labute approximate surface area is 156 Å². The second-order valence-electron chi connectivity index (χ2n) is 6.47. The summed E-state index contributed by atoms with van der Waals surface area (Å²) in [6.07, 6.45) is 2.12. The van der Waals surface area contributed by atoms with E-state index in [0.29, 0.717) is 44.9 Å². The van der Waals surface area contributed by atoms with Crippen molar-refractivity contribution >= 4 is 6.03 Å². The van der Waals surface area contributed by atoms with Crippen molar-refractivity contribution in [3.05, 3.63) is 76.4 Å². The van der Waals surface area contributed by atoms with Gasteiger partial charge in [-0.2, -0.15) is 5.10 Å². The van der Waals surface area contributed by atoms with Crippen LogP contribution < -0.4 is 11.0 Å². The summed E-state index contributed by atoms with van der Waals surface area (Å²) in [6.45, 7) is 2.22. The summed E-state index contributed by atoms with van der Waals surface area (Å²) in [4.78, 5) is 26.7. The molecule has 0 radical (unpaired) electrons. The number of amides is 2. The molecule has 1 aromatic carbocycles. The topological polar surface area (TPSA) is 85.3 Å². The van der Waals surface area contributed by atoms with E-state index in [4.69, 9.17) is 4.42 Å². The second kappa shape index (κ2) is 7.53. The first-order valence-electron chi connectivity index (χ1n) is 8.96. The maximum Gasteiger partial charge on any atom is 0.346 e. The smallest absolute Gasteiger partial charge is 0.346 e. The molecule has 1 N–H and O–H groups in total. The van der Waals surface area contributed by atoms with Gasteiger partial charge in [0.2, 0.25) is 0 Å². The zero-order chi connectivity index (χ0) is 18.6. The van der Waals surface area contributed by atoms with E-state index in [1.165, 1.54) is 4.68 Å². The molecule has 140 valence electrons. The van der Waals surface area contributed by atoms with Crippen LogP contribution in [0.2, 0.25) is 0 Å². The van der Waals surface area contributed by atoms with Crippen LogP contribution in [-0.2, 0) is 26.1 Å². The average Bonchev–Trinajstić information content (AvgIpc) is 3.24. The Morgan fingerprint density at radius 2 is 1.96 bits per heavy atom. The zero-order valence-corrected chi connectivity index (χ0v) is 14.9. The molecular formula is C19H21N5O3. The summed E-state index contributed by atoms with van der Waals surface area (Å²) in [7, 11) is 0. The SMILES string of the molecule is O=C(NCc1ccco1)N1CCc2nn(Cc3ccccc3)c(=O)n2CC1. The lowest BCUT2D eigenvalue weighted by Gasteiger charge is -2.20. The minimum atomic E-state index is -0.165. The normalized spacial score (nSPS) is 13.9. The number of furan rings is 1. The summed E-state index contributed by atoms with van der Waals surface area (Å²) in [5.41, 5.74) is 0.901. The zero-order valence-electron chi connectivity index (χ0n) is 14.9. The average molecular weight is 367 g/mol. The first kappa shape index (κ1) is 17.1. The number of carbonyl (C=O) groups is 1. The van der Waals surface area contributed by atoms with Gasteiger partial charge in [-0.15, -0.1) is 0 Å². The van der Waals surface area contributed by atoms with E-state index in [0.717, 1.165) is 11.4 Å². The van der Waals surface area contributed by atoms with Crippen LogP contribution in [0, 0.1) is 0 Å². The molecule has 8 heteroatoms. The third kappa shape index (κ3) is 3.79. The van der Waals surface area contributed by atoms with Gasteiger partial charge in [-0.05, 0) is 17.7 Å². The highest BCUT2D eigenvalue weighted by Crippen LogP contribution is 2.07. The largest absolute Gasteiger partial charge is 0.467 e. The summed E-state index contributed by atoms with van der Waals surface area (Å²) >= 11 is 0. The van der Waals surface area contributed by atoms with Crippen LogP contribution in [0.15, 0.2) is 57.9 Å². The molecule has 4 rings (SSSR count). The van der Waals surface area contributed by atoms with Gasteiger partial charge in [-0.3, -0.25) is 4.57 Å². The lowest BCUT2D eigenvalue weighted by molar-refractivity contribution is 0.197. The molecule has 0 saturated carbocycles. The first-order chi connectivity index (χ1) is 13.2. The van der Waals surface area contributed by atoms with Gasteiger partial charge in [0.05, 0.1) is 19.4 Å². The van der Waals surface area contributed by atoms with E-state index in [1.807, 2.05) is 36.4 Å². The highest BCUT2D eigenvalue weighted by Gasteiger charge is 2.22. The maximum atomic E-state index is 12.7. The Balaban J connectivity index is 1.40. The number of nitrogens with one attached hydrogen (secondary N) is 1. The summed E-state index contributed by atoms with van der Waals surface area (Å²) < 4.78 is 8.39. The van der Waals surface area contributed by atoms with Crippen molar-refractivity contribution in [1.29, 1.82) is 0 Å². The van der Waals surface area contributed by atoms with Crippen molar-refractivity contribution < 1.29 is 9.21 Å². The fourth-order valence-electron chi connectivity index (χ4n) is 3.21. The Bertz CT molecular complexity index is 959. The molecule has 1 aliphatic heterocycles. The molecule has 1 aliphatic rings. The fraction of sp³-hybridized carbons (Fsp3) is 0.316. The van der Waals surface area contributed by atoms with Crippen molar-refractivity contribution in [3.63, 3.8) is 0 Å². The van der Waals surface area contributed by atoms with E-state index < -0.39 is 0 Å². The van der Waals surface area contributed by atoms with E-state index >= 15 is 0 Å². The van der Waals surface area contributed by atoms with Crippen LogP contribution >= 0.6 is 0 Å². The van der Waals surface area contributed by atoms with Crippen LogP contribution in [-0.4, -0.2) is 38.4 Å². The van der Waals surface area contributed by atoms with Crippen LogP contribution in [0.4, 0.5) is 4.79 Å². The second-order valence-corrected chi connectivity index (χ2v) is 6.47. The van der Waals surface area contributed by atoms with Crippen LogP contribution in [0.5, 0.6) is 0 Å². The molecule has 3 heterocycles. The number of hydrogen-bond donors (Lipinski definition) is 1. The third-order valence-electron chi connectivity index (χ3n) is 4.65. The van der Waals surface area contributed by atoms with E-state index in [9.17, 15) is 9.59 Å². The first-order valence-corrected chi connectivity index (χ1v) is 8.96. The van der Waals surface area contributed by atoms with Crippen molar-refractivity contribution in [2.75, 3.05) is 13.1 Å². The summed E-state index contributed by atoms with van der Waals surface area (Å²) in [5.74, 6) is 1.42. The molecular weight excluding hydrogens is 346 g/mol. The van der Waals surface area contributed by atoms with Gasteiger partial charge in [0.15, 0.2) is 0 Å². The minimum absolute atomic E-state index is 0.133. The number of urea groups is 1. The Morgan fingerprint density at radius 3 is 2.74 bits per heavy atom. The van der Waals surface area contributed by atoms with Gasteiger partial charge in [-0.25, -0.2) is 14.3 Å². The maximum absolute atomic E-state index is 12.7. The van der Waals surface area contributed by atoms with E-state index in [-0.39, 0.29) is 11.7 Å². The lowest BCUT2D eigenvalue weighted by Crippen LogP contribution is -2.41. The molecule has 0 spiro atoms. The summed E-state index contributed by atoms with van der Waals surface area (Å²) in [5, 5.41) is 7.32. The highest BCUT2D eigenvalue weighted by atomic mass is 16.3. The third-order valence-corrected chi connectivity index (χ3v) is 4.65. The van der Waals surface area contributed by atoms with Gasteiger partial charge >= 0.3 is 11.7 Å². The van der Waals surface area contributed by atoms with Gasteiger partial charge in [-0.1, -0.05) is 30.3 Å². The molecule has 0 unspecified atom stereocenters. The van der Waals surface area contributed by atoms with Crippen molar-refractivity contribution in [2.45, 2.75) is 26.1 Å². The quantitative estimate of drug-likeness (QED) is 0.756. The van der Waals surface area contributed by atoms with E-state index in [1.54, 1.807) is 21.8 Å². The molecule has 0 fully saturated rings. The highest BCUT2D eigenvalue weighted by molar-refractivity contribution is 5.74. The predicted molar refractivity (Wildman–Crippen MR) is 98.3 cm³/mol. The van der Waals surface area contributed by atoms with Crippen LogP contribution in [0.3, 0.4) is 0 Å². The summed E-state index contributed by atoms with van der Waals surface area (Å²) in [6, 6.07) is 13.2. The van der Waals surface area contributed by atoms with E-state index in [2.05, 4.69) is 10.4 Å². The molecule has 0 aliphatic carbocycles. The van der Waals surface area contributed by atoms with Gasteiger partial charge in [0.25, 0.3) is 0 Å². The van der Waals surface area contributed by atoms with Crippen molar-refractivity contribution in [2.24, 2.45) is 0 Å². The molecule has 2 aromatic heterocycles. The minimum Gasteiger partial charge on any atom is -0.467 e. The number of carbonyl (C=O) groups excluding carboxylic acids is 1. The predicted octanol–water partition coefficient (Wildman–Crippen LogP) is 1.45. The number of rotatable bonds is 4. The molecule has 27 heavy (non-hydrogen) atoms. The Morgan fingerprint density at radius 1 is 1.11 bits per heavy atom. The van der Waals surface area contributed by atoms with Gasteiger partial charge in [0.1, 0.15) is 11.6 Å². The molecule has 3 aromatic rings. The monoisotopic (exact) mass is 367 g/mol. The number of aromatic nitrogens is 3. The fourth-order valence-corrected chi connectivity index (χ4v) is 3.21. The standard InChI is InChI=1S/C19H21N5O3/c25-18(20-13-16-7-4-12-27-16)22-9-8-17-21-24(19(26)23(17)11-10-22)14-15-5-2-1-3-6-15/h1-7,12H,8-11,13-14H2,(H,20,25). The Hall–Kier alpha value is -3.29. The lowest BCUT2D eigenvalue weighted by atomic mass is 10.2. The Kier molecular flexibility index (Phi) is 4.78. The van der Waals surface area contributed by atoms with Gasteiger partial charge in [0, 0.05) is 26.1 Å². The molecule has 0 atom stereocenters.